The lowest BCUT2D eigenvalue weighted by atomic mass is 10.1. The minimum Gasteiger partial charge on any atom is -0.494 e. The van der Waals surface area contributed by atoms with Gasteiger partial charge in [0.2, 0.25) is 11.8 Å². The Morgan fingerprint density at radius 1 is 1.43 bits per heavy atom. The van der Waals surface area contributed by atoms with E-state index in [0.717, 1.165) is 4.57 Å². The van der Waals surface area contributed by atoms with E-state index in [0.29, 0.717) is 10.6 Å². The summed E-state index contributed by atoms with van der Waals surface area (Å²) in [7, 11) is 0. The molecular weight excluding hydrogens is 298 g/mol. The van der Waals surface area contributed by atoms with Crippen molar-refractivity contribution in [3.63, 3.8) is 0 Å². The minimum absolute atomic E-state index is 0.162. The second-order valence-electron chi connectivity index (χ2n) is 4.42. The molecule has 0 spiro atoms. The summed E-state index contributed by atoms with van der Waals surface area (Å²) in [5.74, 6) is -1.46. The number of hydrogen-bond acceptors (Lipinski definition) is 4. The van der Waals surface area contributed by atoms with Gasteiger partial charge in [0.1, 0.15) is 11.6 Å². The van der Waals surface area contributed by atoms with Gasteiger partial charge >= 0.3 is 5.69 Å². The maximum atomic E-state index is 11.9. The van der Waals surface area contributed by atoms with Crippen LogP contribution in [0.1, 0.15) is 13.0 Å². The van der Waals surface area contributed by atoms with Crippen LogP contribution in [0, 0.1) is 0 Å². The van der Waals surface area contributed by atoms with E-state index in [1.807, 2.05) is 4.98 Å². The zero-order valence-electron chi connectivity index (χ0n) is 11.0. The lowest BCUT2D eigenvalue weighted by Crippen LogP contribution is -2.37. The average molecular weight is 310 g/mol. The van der Waals surface area contributed by atoms with Gasteiger partial charge in [-0.1, -0.05) is 23.7 Å². The molecule has 1 aromatic heterocycles. The molecule has 2 rings (SSSR count). The van der Waals surface area contributed by atoms with E-state index in [2.05, 4.69) is 0 Å². The number of aromatic hydroxyl groups is 1. The molecule has 0 fully saturated rings. The Hall–Kier alpha value is -2.54. The molecule has 1 heterocycles. The number of nitrogens with one attached hydrogen (secondary N) is 1. The molecule has 1 unspecified atom stereocenters. The predicted molar refractivity (Wildman–Crippen MR) is 77.3 cm³/mol. The van der Waals surface area contributed by atoms with Gasteiger partial charge in [-0.15, -0.1) is 0 Å². The van der Waals surface area contributed by atoms with Crippen LogP contribution >= 0.6 is 11.6 Å². The normalized spacial score (nSPS) is 12.1. The van der Waals surface area contributed by atoms with E-state index in [1.165, 1.54) is 13.0 Å². The van der Waals surface area contributed by atoms with Crippen molar-refractivity contribution in [2.45, 2.75) is 13.0 Å². The van der Waals surface area contributed by atoms with Crippen LogP contribution in [0.2, 0.25) is 5.02 Å². The Kier molecular flexibility index (Phi) is 3.86. The second-order valence-corrected chi connectivity index (χ2v) is 4.85. The minimum atomic E-state index is -1.12. The number of nitrogens with two attached hydrogens (primary N) is 1. The number of halogens is 1. The molecule has 2 aromatic rings. The van der Waals surface area contributed by atoms with Crippen molar-refractivity contribution in [2.75, 3.05) is 0 Å². The van der Waals surface area contributed by atoms with Crippen molar-refractivity contribution in [2.24, 2.45) is 5.73 Å². The average Bonchev–Trinajstić information content (AvgIpc) is 2.37. The van der Waals surface area contributed by atoms with Crippen LogP contribution in [0.25, 0.3) is 11.1 Å². The number of rotatable bonds is 3. The first-order chi connectivity index (χ1) is 9.82. The van der Waals surface area contributed by atoms with Gasteiger partial charge in [0.25, 0.3) is 5.56 Å². The number of carbonyl (C=O) groups is 1. The van der Waals surface area contributed by atoms with Crippen LogP contribution in [-0.4, -0.2) is 20.6 Å². The number of hydrogen-bond donors (Lipinski definition) is 3. The fraction of sp³-hybridized carbons (Fsp3) is 0.154. The van der Waals surface area contributed by atoms with Gasteiger partial charge in [0, 0.05) is 5.02 Å². The Labute approximate surface area is 123 Å². The van der Waals surface area contributed by atoms with Gasteiger partial charge in [-0.2, -0.15) is 0 Å². The predicted octanol–water partition coefficient (Wildman–Crippen LogP) is 0.609. The van der Waals surface area contributed by atoms with Crippen LogP contribution in [0.15, 0.2) is 33.9 Å². The molecule has 0 aliphatic carbocycles. The van der Waals surface area contributed by atoms with Crippen LogP contribution in [-0.2, 0) is 4.79 Å². The molecule has 1 aromatic carbocycles. The van der Waals surface area contributed by atoms with Crippen LogP contribution in [0.4, 0.5) is 0 Å². The summed E-state index contributed by atoms with van der Waals surface area (Å²) in [6.07, 6.45) is 0. The molecule has 110 valence electrons. The number of benzene rings is 1. The number of carbonyl (C=O) groups excluding carboxylic acids is 1. The second kappa shape index (κ2) is 5.45. The Morgan fingerprint density at radius 3 is 2.67 bits per heavy atom. The van der Waals surface area contributed by atoms with E-state index in [1.54, 1.807) is 18.2 Å². The molecule has 0 saturated heterocycles. The van der Waals surface area contributed by atoms with Crippen molar-refractivity contribution in [1.82, 2.24) is 9.55 Å². The summed E-state index contributed by atoms with van der Waals surface area (Å²) < 4.78 is 0.722. The number of aromatic amines is 1. The highest BCUT2D eigenvalue weighted by molar-refractivity contribution is 6.30. The topological polar surface area (TPSA) is 118 Å². The van der Waals surface area contributed by atoms with Gasteiger partial charge in [0.05, 0.1) is 0 Å². The fourth-order valence-corrected chi connectivity index (χ4v) is 2.12. The summed E-state index contributed by atoms with van der Waals surface area (Å²) in [6, 6.07) is 5.06. The van der Waals surface area contributed by atoms with E-state index in [4.69, 9.17) is 17.3 Å². The third kappa shape index (κ3) is 2.68. The van der Waals surface area contributed by atoms with Crippen molar-refractivity contribution in [3.05, 3.63) is 50.1 Å². The maximum absolute atomic E-state index is 11.9. The van der Waals surface area contributed by atoms with E-state index in [-0.39, 0.29) is 5.56 Å². The lowest BCUT2D eigenvalue weighted by molar-refractivity contribution is -0.120. The number of primary amides is 1. The number of H-pyrrole nitrogens is 1. The molecule has 21 heavy (non-hydrogen) atoms. The van der Waals surface area contributed by atoms with Gasteiger partial charge < -0.3 is 10.8 Å². The third-order valence-corrected chi connectivity index (χ3v) is 3.27. The highest BCUT2D eigenvalue weighted by atomic mass is 35.5. The van der Waals surface area contributed by atoms with Crippen molar-refractivity contribution >= 4 is 17.5 Å². The quantitative estimate of drug-likeness (QED) is 0.769. The molecular formula is C13H12ClN3O4. The van der Waals surface area contributed by atoms with Crippen molar-refractivity contribution < 1.29 is 9.90 Å². The number of amides is 1. The standard InChI is InChI=1S/C13H12ClN3O4/c1-6(10(15)18)17-12(20)9(11(19)16-13(17)21)7-3-2-4-8(14)5-7/h2-6,20H,1H3,(H2,15,18)(H,16,19,21). The molecule has 0 radical (unpaired) electrons. The SMILES string of the molecule is CC(C(N)=O)n1c(O)c(-c2cccc(Cl)c2)c(=O)[nH]c1=O. The van der Waals surface area contributed by atoms with Gasteiger partial charge in [-0.3, -0.25) is 19.1 Å². The lowest BCUT2D eigenvalue weighted by Gasteiger charge is -2.15. The largest absolute Gasteiger partial charge is 0.494 e. The Bertz CT molecular complexity index is 825. The molecule has 0 aliphatic heterocycles. The monoisotopic (exact) mass is 309 g/mol. The third-order valence-electron chi connectivity index (χ3n) is 3.03. The first kappa shape index (κ1) is 14.9. The van der Waals surface area contributed by atoms with Gasteiger partial charge in [-0.05, 0) is 24.6 Å². The molecule has 0 saturated carbocycles. The molecule has 0 bridgehead atoms. The molecule has 7 nitrogen and oxygen atoms in total. The van der Waals surface area contributed by atoms with E-state index in [9.17, 15) is 19.5 Å². The zero-order chi connectivity index (χ0) is 15.7. The highest BCUT2D eigenvalue weighted by Crippen LogP contribution is 2.27. The summed E-state index contributed by atoms with van der Waals surface area (Å²) >= 11 is 5.85. The highest BCUT2D eigenvalue weighted by Gasteiger charge is 2.22. The first-order valence-electron chi connectivity index (χ1n) is 5.96. The Morgan fingerprint density at radius 2 is 2.10 bits per heavy atom. The summed E-state index contributed by atoms with van der Waals surface area (Å²) in [4.78, 5) is 37.0. The van der Waals surface area contributed by atoms with E-state index < -0.39 is 29.1 Å². The van der Waals surface area contributed by atoms with Crippen LogP contribution < -0.4 is 17.0 Å². The summed E-state index contributed by atoms with van der Waals surface area (Å²) in [6.45, 7) is 1.34. The summed E-state index contributed by atoms with van der Waals surface area (Å²) in [5, 5.41) is 10.6. The van der Waals surface area contributed by atoms with Crippen LogP contribution in [0.5, 0.6) is 5.88 Å². The smallest absolute Gasteiger partial charge is 0.331 e. The molecule has 1 amide bonds. The van der Waals surface area contributed by atoms with Gasteiger partial charge in [-0.25, -0.2) is 4.79 Å². The zero-order valence-corrected chi connectivity index (χ0v) is 11.7. The number of nitrogens with zero attached hydrogens (tertiary/aromatic N) is 1. The van der Waals surface area contributed by atoms with Crippen molar-refractivity contribution in [1.29, 1.82) is 0 Å². The Balaban J connectivity index is 2.80. The molecule has 0 aliphatic rings. The molecule has 8 heteroatoms. The fourth-order valence-electron chi connectivity index (χ4n) is 1.93. The maximum Gasteiger partial charge on any atom is 0.331 e. The molecule has 4 N–H and O–H groups in total. The van der Waals surface area contributed by atoms with Crippen molar-refractivity contribution in [3.8, 4) is 17.0 Å². The summed E-state index contributed by atoms with van der Waals surface area (Å²) in [5.41, 5.74) is 3.58. The van der Waals surface area contributed by atoms with Gasteiger partial charge in [0.15, 0.2) is 0 Å². The molecule has 1 atom stereocenters. The van der Waals surface area contributed by atoms with Crippen LogP contribution in [0.3, 0.4) is 0 Å². The number of aromatic nitrogens is 2. The van der Waals surface area contributed by atoms with E-state index >= 15 is 0 Å². The first-order valence-corrected chi connectivity index (χ1v) is 6.33.